The molecule has 0 saturated heterocycles. The molecular weight excluding hydrogens is 289 g/mol. The number of anilines is 1. The quantitative estimate of drug-likeness (QED) is 0.496. The van der Waals surface area contributed by atoms with Crippen molar-refractivity contribution in [2.45, 2.75) is 20.4 Å². The molecule has 0 bridgehead atoms. The molecule has 0 amide bonds. The van der Waals surface area contributed by atoms with E-state index in [1.54, 1.807) is 13.0 Å². The zero-order valence-corrected chi connectivity index (χ0v) is 11.3. The van der Waals surface area contributed by atoms with E-state index in [1.807, 2.05) is 19.1 Å². The zero-order valence-electron chi connectivity index (χ0n) is 11.3. The molecule has 0 aromatic heterocycles. The van der Waals surface area contributed by atoms with Gasteiger partial charge in [0.05, 0.1) is 0 Å². The van der Waals surface area contributed by atoms with Gasteiger partial charge in [0.1, 0.15) is 5.69 Å². The summed E-state index contributed by atoms with van der Waals surface area (Å²) < 4.78 is 66.1. The molecule has 2 rings (SSSR count). The van der Waals surface area contributed by atoms with E-state index in [0.717, 1.165) is 11.1 Å². The predicted molar refractivity (Wildman–Crippen MR) is 69.5 cm³/mol. The Morgan fingerprint density at radius 1 is 0.810 bits per heavy atom. The molecule has 6 heteroatoms. The van der Waals surface area contributed by atoms with Gasteiger partial charge in [0, 0.05) is 6.54 Å². The lowest BCUT2D eigenvalue weighted by molar-refractivity contribution is 0.381. The van der Waals surface area contributed by atoms with Gasteiger partial charge >= 0.3 is 0 Å². The Kier molecular flexibility index (Phi) is 4.16. The van der Waals surface area contributed by atoms with Crippen LogP contribution in [-0.4, -0.2) is 0 Å². The maximum Gasteiger partial charge on any atom is 0.200 e. The Bertz CT molecular complexity index is 668. The molecule has 1 N–H and O–H groups in total. The molecule has 0 radical (unpaired) electrons. The lowest BCUT2D eigenvalue weighted by Crippen LogP contribution is -2.10. The molecule has 0 heterocycles. The highest BCUT2D eigenvalue weighted by Crippen LogP contribution is 2.27. The standard InChI is InChI=1S/C15H12F5N/c1-7-3-4-8(2)9(5-7)6-21-15-13(19)11(17)10(16)12(18)14(15)20/h3-5,21H,6H2,1-2H3. The zero-order chi connectivity index (χ0) is 15.7. The van der Waals surface area contributed by atoms with E-state index in [1.165, 1.54) is 0 Å². The van der Waals surface area contributed by atoms with E-state index in [2.05, 4.69) is 5.32 Å². The first-order valence-electron chi connectivity index (χ1n) is 6.14. The number of rotatable bonds is 3. The van der Waals surface area contributed by atoms with Crippen molar-refractivity contribution in [3.8, 4) is 0 Å². The Morgan fingerprint density at radius 2 is 1.33 bits per heavy atom. The average molecular weight is 301 g/mol. The van der Waals surface area contributed by atoms with E-state index in [9.17, 15) is 22.0 Å². The SMILES string of the molecule is Cc1ccc(C)c(CNc2c(F)c(F)c(F)c(F)c2F)c1. The van der Waals surface area contributed by atoms with Crippen LogP contribution >= 0.6 is 0 Å². The fraction of sp³-hybridized carbons (Fsp3) is 0.200. The second kappa shape index (κ2) is 5.71. The monoisotopic (exact) mass is 301 g/mol. The summed E-state index contributed by atoms with van der Waals surface area (Å²) in [5, 5.41) is 2.28. The highest BCUT2D eigenvalue weighted by atomic mass is 19.2. The summed E-state index contributed by atoms with van der Waals surface area (Å²) in [7, 11) is 0. The molecule has 0 aliphatic rings. The van der Waals surface area contributed by atoms with Gasteiger partial charge in [-0.2, -0.15) is 0 Å². The third-order valence-corrected chi connectivity index (χ3v) is 3.17. The Morgan fingerprint density at radius 3 is 1.90 bits per heavy atom. The summed E-state index contributed by atoms with van der Waals surface area (Å²) >= 11 is 0. The van der Waals surface area contributed by atoms with Crippen LogP contribution in [0.3, 0.4) is 0 Å². The second-order valence-electron chi connectivity index (χ2n) is 4.73. The molecule has 2 aromatic rings. The molecule has 0 fully saturated rings. The van der Waals surface area contributed by atoms with Crippen LogP contribution in [0, 0.1) is 42.9 Å². The summed E-state index contributed by atoms with van der Waals surface area (Å²) in [5.41, 5.74) is 1.46. The fourth-order valence-electron chi connectivity index (χ4n) is 1.93. The molecule has 1 nitrogen and oxygen atoms in total. The number of halogens is 5. The first kappa shape index (κ1) is 15.3. The van der Waals surface area contributed by atoms with E-state index in [0.29, 0.717) is 5.56 Å². The van der Waals surface area contributed by atoms with Crippen LogP contribution in [-0.2, 0) is 6.54 Å². The van der Waals surface area contributed by atoms with Gasteiger partial charge in [0.25, 0.3) is 0 Å². The molecule has 21 heavy (non-hydrogen) atoms. The Labute approximate surface area is 118 Å². The van der Waals surface area contributed by atoms with Crippen molar-refractivity contribution < 1.29 is 22.0 Å². The molecule has 112 valence electrons. The van der Waals surface area contributed by atoms with Crippen molar-refractivity contribution in [2.24, 2.45) is 0 Å². The van der Waals surface area contributed by atoms with E-state index in [4.69, 9.17) is 0 Å². The normalized spacial score (nSPS) is 10.8. The van der Waals surface area contributed by atoms with E-state index >= 15 is 0 Å². The largest absolute Gasteiger partial charge is 0.376 e. The number of hydrogen-bond donors (Lipinski definition) is 1. The summed E-state index contributed by atoms with van der Waals surface area (Å²) in [6.07, 6.45) is 0. The number of nitrogens with one attached hydrogen (secondary N) is 1. The van der Waals surface area contributed by atoms with Gasteiger partial charge in [-0.15, -0.1) is 0 Å². The molecule has 0 aliphatic carbocycles. The van der Waals surface area contributed by atoms with Gasteiger partial charge in [-0.3, -0.25) is 0 Å². The van der Waals surface area contributed by atoms with E-state index < -0.39 is 34.8 Å². The van der Waals surface area contributed by atoms with Crippen molar-refractivity contribution in [3.63, 3.8) is 0 Å². The van der Waals surface area contributed by atoms with Gasteiger partial charge in [-0.25, -0.2) is 22.0 Å². The van der Waals surface area contributed by atoms with Crippen molar-refractivity contribution >= 4 is 5.69 Å². The molecule has 0 spiro atoms. The van der Waals surface area contributed by atoms with Gasteiger partial charge in [-0.05, 0) is 25.0 Å². The number of hydrogen-bond acceptors (Lipinski definition) is 1. The van der Waals surface area contributed by atoms with Crippen molar-refractivity contribution in [1.82, 2.24) is 0 Å². The van der Waals surface area contributed by atoms with Crippen molar-refractivity contribution in [3.05, 3.63) is 64.0 Å². The maximum atomic E-state index is 13.5. The molecular formula is C15H12F5N. The summed E-state index contributed by atoms with van der Waals surface area (Å²) in [4.78, 5) is 0. The summed E-state index contributed by atoms with van der Waals surface area (Å²) in [5.74, 6) is -9.81. The fourth-order valence-corrected chi connectivity index (χ4v) is 1.93. The smallest absolute Gasteiger partial charge is 0.200 e. The van der Waals surface area contributed by atoms with Gasteiger partial charge in [-0.1, -0.05) is 23.8 Å². The summed E-state index contributed by atoms with van der Waals surface area (Å²) in [6.45, 7) is 3.57. The van der Waals surface area contributed by atoms with Crippen LogP contribution in [0.15, 0.2) is 18.2 Å². The van der Waals surface area contributed by atoms with Crippen LogP contribution in [0.5, 0.6) is 0 Å². The molecule has 0 atom stereocenters. The minimum Gasteiger partial charge on any atom is -0.376 e. The topological polar surface area (TPSA) is 12.0 Å². The van der Waals surface area contributed by atoms with Gasteiger partial charge in [0.2, 0.25) is 5.82 Å². The third kappa shape index (κ3) is 2.84. The predicted octanol–water partition coefficient (Wildman–Crippen LogP) is 4.61. The van der Waals surface area contributed by atoms with Crippen LogP contribution < -0.4 is 5.32 Å². The minimum absolute atomic E-state index is 0.0497. The minimum atomic E-state index is -2.16. The molecule has 0 aliphatic heterocycles. The molecule has 2 aromatic carbocycles. The average Bonchev–Trinajstić information content (AvgIpc) is 2.46. The third-order valence-electron chi connectivity index (χ3n) is 3.17. The first-order chi connectivity index (χ1) is 9.82. The highest BCUT2D eigenvalue weighted by molar-refractivity contribution is 5.48. The second-order valence-corrected chi connectivity index (χ2v) is 4.73. The lowest BCUT2D eigenvalue weighted by atomic mass is 10.1. The van der Waals surface area contributed by atoms with Crippen LogP contribution in [0.25, 0.3) is 0 Å². The maximum absolute atomic E-state index is 13.5. The number of benzene rings is 2. The Balaban J connectivity index is 2.35. The molecule has 0 unspecified atom stereocenters. The van der Waals surface area contributed by atoms with Gasteiger partial charge < -0.3 is 5.32 Å². The first-order valence-corrected chi connectivity index (χ1v) is 6.14. The van der Waals surface area contributed by atoms with Crippen molar-refractivity contribution in [1.29, 1.82) is 0 Å². The van der Waals surface area contributed by atoms with E-state index in [-0.39, 0.29) is 6.54 Å². The molecule has 0 saturated carbocycles. The van der Waals surface area contributed by atoms with Crippen molar-refractivity contribution in [2.75, 3.05) is 5.32 Å². The van der Waals surface area contributed by atoms with Crippen LogP contribution in [0.1, 0.15) is 16.7 Å². The van der Waals surface area contributed by atoms with Gasteiger partial charge in [0.15, 0.2) is 23.3 Å². The lowest BCUT2D eigenvalue weighted by Gasteiger charge is -2.12. The van der Waals surface area contributed by atoms with Crippen LogP contribution in [0.4, 0.5) is 27.6 Å². The van der Waals surface area contributed by atoms with Crippen LogP contribution in [0.2, 0.25) is 0 Å². The summed E-state index contributed by atoms with van der Waals surface area (Å²) in [6, 6.07) is 5.44. The highest BCUT2D eigenvalue weighted by Gasteiger charge is 2.25. The number of aryl methyl sites for hydroxylation is 2. The Hall–Kier alpha value is -2.11.